The van der Waals surface area contributed by atoms with Gasteiger partial charge in [0.2, 0.25) is 8.07 Å². The number of aromatic nitrogens is 1. The number of hydrogen-bond acceptors (Lipinski definition) is 4. The van der Waals surface area contributed by atoms with Crippen LogP contribution in [0.2, 0.25) is 0 Å². The molecule has 0 fully saturated rings. The van der Waals surface area contributed by atoms with E-state index in [2.05, 4.69) is 139 Å². The minimum atomic E-state index is -2.71. The fourth-order valence-corrected chi connectivity index (χ4v) is 10.4. The SMILES string of the molecule is CC(C)(c1cccc([Si](c2ccccc2)(c2ccccc2)c2ccccc2)n1)N1C=CN(c2ccccc2O)C1. The van der Waals surface area contributed by atoms with Crippen LogP contribution in [0.4, 0.5) is 5.69 Å². The van der Waals surface area contributed by atoms with E-state index >= 15 is 0 Å². The van der Waals surface area contributed by atoms with Crippen LogP contribution in [0.5, 0.6) is 5.75 Å². The van der Waals surface area contributed by atoms with Gasteiger partial charge in [0.25, 0.3) is 0 Å². The van der Waals surface area contributed by atoms with Gasteiger partial charge in [-0.1, -0.05) is 109 Å². The molecule has 0 bridgehead atoms. The first kappa shape index (κ1) is 25.7. The molecule has 0 unspecified atom stereocenters. The lowest BCUT2D eigenvalue weighted by Gasteiger charge is -2.38. The van der Waals surface area contributed by atoms with Crippen molar-refractivity contribution >= 4 is 34.6 Å². The molecule has 0 radical (unpaired) electrons. The maximum atomic E-state index is 10.4. The number of rotatable bonds is 7. The van der Waals surface area contributed by atoms with Crippen molar-refractivity contribution in [3.63, 3.8) is 0 Å². The van der Waals surface area contributed by atoms with Crippen LogP contribution in [0.3, 0.4) is 0 Å². The lowest BCUT2D eigenvalue weighted by Crippen LogP contribution is -2.75. The number of anilines is 1. The minimum Gasteiger partial charge on any atom is -0.506 e. The summed E-state index contributed by atoms with van der Waals surface area (Å²) in [7, 11) is -2.71. The number of para-hydroxylation sites is 2. The smallest absolute Gasteiger partial charge is 0.201 e. The average Bonchev–Trinajstić information content (AvgIpc) is 3.51. The van der Waals surface area contributed by atoms with Crippen molar-refractivity contribution in [1.29, 1.82) is 0 Å². The molecule has 0 saturated carbocycles. The Hall–Kier alpha value is -4.61. The summed E-state index contributed by atoms with van der Waals surface area (Å²) in [6.07, 6.45) is 4.12. The number of phenolic OH excluding ortho intramolecular Hbond substituents is 1. The monoisotopic (exact) mass is 539 g/mol. The molecular weight excluding hydrogens is 506 g/mol. The van der Waals surface area contributed by atoms with E-state index in [1.54, 1.807) is 6.07 Å². The zero-order valence-corrected chi connectivity index (χ0v) is 23.9. The average molecular weight is 540 g/mol. The van der Waals surface area contributed by atoms with Gasteiger partial charge in [-0.15, -0.1) is 0 Å². The highest BCUT2D eigenvalue weighted by Crippen LogP contribution is 2.34. The summed E-state index contributed by atoms with van der Waals surface area (Å²) in [6.45, 7) is 5.05. The second kappa shape index (κ2) is 10.5. The first-order valence-electron chi connectivity index (χ1n) is 13.7. The van der Waals surface area contributed by atoms with Crippen molar-refractivity contribution in [3.8, 4) is 5.75 Å². The maximum absolute atomic E-state index is 10.4. The fraction of sp³-hybridized carbons (Fsp3) is 0.114. The number of benzene rings is 4. The van der Waals surface area contributed by atoms with Crippen molar-refractivity contribution in [3.05, 3.63) is 152 Å². The van der Waals surface area contributed by atoms with Gasteiger partial charge in [0, 0.05) is 17.7 Å². The Morgan fingerprint density at radius 2 is 1.15 bits per heavy atom. The maximum Gasteiger partial charge on any atom is 0.201 e. The summed E-state index contributed by atoms with van der Waals surface area (Å²) in [5, 5.41) is 15.5. The summed E-state index contributed by atoms with van der Waals surface area (Å²) in [5.74, 6) is 0.274. The molecule has 5 aromatic rings. The third-order valence-electron chi connectivity index (χ3n) is 8.02. The molecule has 0 atom stereocenters. The number of nitrogens with zero attached hydrogens (tertiary/aromatic N) is 3. The predicted molar refractivity (Wildman–Crippen MR) is 167 cm³/mol. The standard InChI is InChI=1S/C35H33N3OSi/c1-35(2,38-26-25-37(27-38)31-21-12-13-22-32(31)39)33-23-14-24-34(36-33)40(28-15-6-3-7-16-28,29-17-8-4-9-18-29)30-19-10-5-11-20-30/h3-26,39H,27H2,1-2H3. The van der Waals surface area contributed by atoms with E-state index in [1.807, 2.05) is 24.4 Å². The van der Waals surface area contributed by atoms with Crippen molar-refractivity contribution in [2.24, 2.45) is 0 Å². The molecule has 0 spiro atoms. The Morgan fingerprint density at radius 1 is 0.625 bits per heavy atom. The van der Waals surface area contributed by atoms with Crippen molar-refractivity contribution in [1.82, 2.24) is 9.88 Å². The Labute approximate surface area is 237 Å². The molecule has 40 heavy (non-hydrogen) atoms. The fourth-order valence-electron chi connectivity index (χ4n) is 5.79. The molecule has 198 valence electrons. The molecule has 4 aromatic carbocycles. The lowest BCUT2D eigenvalue weighted by molar-refractivity contribution is 0.196. The van der Waals surface area contributed by atoms with Crippen molar-refractivity contribution in [2.75, 3.05) is 11.6 Å². The molecule has 1 aromatic heterocycles. The molecule has 0 aliphatic carbocycles. The quantitative estimate of drug-likeness (QED) is 0.241. The third kappa shape index (κ3) is 4.38. The minimum absolute atomic E-state index is 0.274. The predicted octanol–water partition coefficient (Wildman–Crippen LogP) is 4.65. The van der Waals surface area contributed by atoms with E-state index in [9.17, 15) is 5.11 Å². The highest BCUT2D eigenvalue weighted by atomic mass is 28.3. The van der Waals surface area contributed by atoms with Crippen LogP contribution < -0.4 is 25.8 Å². The van der Waals surface area contributed by atoms with Crippen LogP contribution in [-0.4, -0.2) is 29.7 Å². The van der Waals surface area contributed by atoms with Crippen LogP contribution in [0.1, 0.15) is 19.5 Å². The number of phenols is 1. The van der Waals surface area contributed by atoms with Crippen LogP contribution >= 0.6 is 0 Å². The summed E-state index contributed by atoms with van der Waals surface area (Å²) in [6, 6.07) is 46.6. The Bertz CT molecular complexity index is 1520. The van der Waals surface area contributed by atoms with Crippen LogP contribution in [0.15, 0.2) is 146 Å². The topological polar surface area (TPSA) is 39.6 Å². The Morgan fingerprint density at radius 3 is 1.70 bits per heavy atom. The van der Waals surface area contributed by atoms with Gasteiger partial charge >= 0.3 is 0 Å². The van der Waals surface area contributed by atoms with Gasteiger partial charge in [-0.25, -0.2) is 0 Å². The number of aromatic hydroxyl groups is 1. The van der Waals surface area contributed by atoms with Crippen LogP contribution in [-0.2, 0) is 5.54 Å². The molecule has 1 aliphatic rings. The summed E-state index contributed by atoms with van der Waals surface area (Å²) in [4.78, 5) is 9.87. The molecule has 1 N–H and O–H groups in total. The summed E-state index contributed by atoms with van der Waals surface area (Å²) >= 11 is 0. The van der Waals surface area contributed by atoms with Gasteiger partial charge in [-0.2, -0.15) is 0 Å². The molecule has 0 saturated heterocycles. The lowest BCUT2D eigenvalue weighted by atomic mass is 9.98. The first-order chi connectivity index (χ1) is 19.5. The molecule has 4 nitrogen and oxygen atoms in total. The molecule has 6 rings (SSSR count). The number of pyridine rings is 1. The van der Waals surface area contributed by atoms with Crippen molar-refractivity contribution in [2.45, 2.75) is 19.4 Å². The number of hydrogen-bond donors (Lipinski definition) is 1. The third-order valence-corrected chi connectivity index (χ3v) is 12.7. The van der Waals surface area contributed by atoms with Gasteiger partial charge in [0.05, 0.1) is 23.6 Å². The Kier molecular flexibility index (Phi) is 6.74. The van der Waals surface area contributed by atoms with Gasteiger partial charge in [0.15, 0.2) is 0 Å². The van der Waals surface area contributed by atoms with Crippen molar-refractivity contribution < 1.29 is 5.11 Å². The van der Waals surface area contributed by atoms with E-state index in [4.69, 9.17) is 4.98 Å². The van der Waals surface area contributed by atoms with E-state index in [1.165, 1.54) is 15.6 Å². The highest BCUT2D eigenvalue weighted by molar-refractivity contribution is 7.19. The van der Waals surface area contributed by atoms with Gasteiger partial charge in [0.1, 0.15) is 5.75 Å². The van der Waals surface area contributed by atoms with E-state index < -0.39 is 13.6 Å². The van der Waals surface area contributed by atoms with Gasteiger partial charge in [-0.3, -0.25) is 4.98 Å². The molecule has 0 amide bonds. The largest absolute Gasteiger partial charge is 0.506 e. The van der Waals surface area contributed by atoms with E-state index in [-0.39, 0.29) is 5.75 Å². The van der Waals surface area contributed by atoms with E-state index in [0.717, 1.165) is 16.7 Å². The highest BCUT2D eigenvalue weighted by Gasteiger charge is 2.43. The first-order valence-corrected chi connectivity index (χ1v) is 15.7. The second-order valence-electron chi connectivity index (χ2n) is 10.7. The zero-order chi connectivity index (χ0) is 27.6. The summed E-state index contributed by atoms with van der Waals surface area (Å²) in [5.41, 5.74) is 1.41. The summed E-state index contributed by atoms with van der Waals surface area (Å²) < 4.78 is 0. The Balaban J connectivity index is 1.48. The van der Waals surface area contributed by atoms with Crippen LogP contribution in [0, 0.1) is 0 Å². The zero-order valence-electron chi connectivity index (χ0n) is 22.9. The normalized spacial score (nSPS) is 13.6. The van der Waals surface area contributed by atoms with Gasteiger partial charge in [-0.05, 0) is 53.7 Å². The molecule has 2 heterocycles. The van der Waals surface area contributed by atoms with E-state index in [0.29, 0.717) is 6.67 Å². The van der Waals surface area contributed by atoms with Crippen LogP contribution in [0.25, 0.3) is 0 Å². The second-order valence-corrected chi connectivity index (χ2v) is 14.4. The van der Waals surface area contributed by atoms with Gasteiger partial charge < -0.3 is 14.9 Å². The molecular formula is C35H33N3OSi. The molecule has 5 heteroatoms. The molecule has 1 aliphatic heterocycles.